The molecule has 1 amide bonds. The Bertz CT molecular complexity index is 706. The number of hydrogen-bond donors (Lipinski definition) is 1. The van der Waals surface area contributed by atoms with Crippen molar-refractivity contribution in [2.45, 2.75) is 18.9 Å². The standard InChI is InChI=1S/C17H20N4O2/c22-17(20-10-11-23-16-6-2-1-5-15(16)20)14-7-9-21(19-14)13-4-3-8-18-12-13/h1-2,5-7,9,13,18H,3-4,8,10-12H2/t13-/m1/s1. The number of carbonyl (C=O) groups excluding carboxylic acids is 1. The lowest BCUT2D eigenvalue weighted by atomic mass is 10.1. The quantitative estimate of drug-likeness (QED) is 0.919. The van der Waals surface area contributed by atoms with Crippen LogP contribution < -0.4 is 15.0 Å². The van der Waals surface area contributed by atoms with Crippen LogP contribution in [0.3, 0.4) is 0 Å². The number of anilines is 1. The molecule has 0 aliphatic carbocycles. The number of piperidine rings is 1. The Morgan fingerprint density at radius 3 is 3.09 bits per heavy atom. The molecule has 2 aliphatic rings. The zero-order valence-electron chi connectivity index (χ0n) is 12.9. The minimum absolute atomic E-state index is 0.0664. The Morgan fingerprint density at radius 1 is 1.30 bits per heavy atom. The number of carbonyl (C=O) groups is 1. The van der Waals surface area contributed by atoms with Crippen LogP contribution in [0.25, 0.3) is 0 Å². The van der Waals surface area contributed by atoms with Gasteiger partial charge in [0, 0.05) is 12.7 Å². The molecule has 0 saturated carbocycles. The van der Waals surface area contributed by atoms with Crippen molar-refractivity contribution in [1.29, 1.82) is 0 Å². The first kappa shape index (κ1) is 14.3. The minimum Gasteiger partial charge on any atom is -0.490 e. The van der Waals surface area contributed by atoms with Crippen molar-refractivity contribution in [2.24, 2.45) is 0 Å². The van der Waals surface area contributed by atoms with Crippen LogP contribution in [-0.4, -0.2) is 41.9 Å². The summed E-state index contributed by atoms with van der Waals surface area (Å²) in [5.74, 6) is 0.686. The van der Waals surface area contributed by atoms with Crippen molar-refractivity contribution in [3.05, 3.63) is 42.2 Å². The average Bonchev–Trinajstić information content (AvgIpc) is 3.11. The molecule has 1 atom stereocenters. The maximum atomic E-state index is 12.8. The van der Waals surface area contributed by atoms with Gasteiger partial charge in [0.05, 0.1) is 18.3 Å². The number of para-hydroxylation sites is 2. The van der Waals surface area contributed by atoms with E-state index < -0.39 is 0 Å². The smallest absolute Gasteiger partial charge is 0.278 e. The highest BCUT2D eigenvalue weighted by Crippen LogP contribution is 2.31. The lowest BCUT2D eigenvalue weighted by Gasteiger charge is -2.29. The number of benzene rings is 1. The van der Waals surface area contributed by atoms with E-state index in [2.05, 4.69) is 10.4 Å². The van der Waals surface area contributed by atoms with Gasteiger partial charge < -0.3 is 15.0 Å². The largest absolute Gasteiger partial charge is 0.490 e. The highest BCUT2D eigenvalue weighted by atomic mass is 16.5. The van der Waals surface area contributed by atoms with Crippen LogP contribution in [0.4, 0.5) is 5.69 Å². The fourth-order valence-corrected chi connectivity index (χ4v) is 3.23. The predicted octanol–water partition coefficient (Wildman–Crippen LogP) is 1.85. The van der Waals surface area contributed by atoms with Crippen LogP contribution in [0.5, 0.6) is 5.75 Å². The maximum Gasteiger partial charge on any atom is 0.278 e. The molecule has 1 aromatic carbocycles. The van der Waals surface area contributed by atoms with Crippen LogP contribution >= 0.6 is 0 Å². The van der Waals surface area contributed by atoms with Gasteiger partial charge in [-0.05, 0) is 37.6 Å². The Hall–Kier alpha value is -2.34. The molecule has 0 unspecified atom stereocenters. The first-order valence-electron chi connectivity index (χ1n) is 8.12. The summed E-state index contributed by atoms with van der Waals surface area (Å²) >= 11 is 0. The summed E-state index contributed by atoms with van der Waals surface area (Å²) in [7, 11) is 0. The van der Waals surface area contributed by atoms with Crippen molar-refractivity contribution >= 4 is 11.6 Å². The topological polar surface area (TPSA) is 59.4 Å². The number of fused-ring (bicyclic) bond motifs is 1. The predicted molar refractivity (Wildman–Crippen MR) is 87.0 cm³/mol. The molecule has 23 heavy (non-hydrogen) atoms. The molecule has 1 saturated heterocycles. The van der Waals surface area contributed by atoms with Crippen LogP contribution in [0, 0.1) is 0 Å². The summed E-state index contributed by atoms with van der Waals surface area (Å²) < 4.78 is 7.53. The third-order valence-electron chi connectivity index (χ3n) is 4.45. The molecule has 3 heterocycles. The molecule has 6 heteroatoms. The fourth-order valence-electron chi connectivity index (χ4n) is 3.23. The third kappa shape index (κ3) is 2.70. The Balaban J connectivity index is 1.57. The van der Waals surface area contributed by atoms with Crippen LogP contribution in [0.2, 0.25) is 0 Å². The number of aromatic nitrogens is 2. The zero-order chi connectivity index (χ0) is 15.6. The fraction of sp³-hybridized carbons (Fsp3) is 0.412. The Labute approximate surface area is 135 Å². The second-order valence-electron chi connectivity index (χ2n) is 5.95. The van der Waals surface area contributed by atoms with Gasteiger partial charge in [0.25, 0.3) is 5.91 Å². The number of amides is 1. The van der Waals surface area contributed by atoms with Gasteiger partial charge in [-0.1, -0.05) is 12.1 Å². The van der Waals surface area contributed by atoms with E-state index in [1.54, 1.807) is 4.90 Å². The minimum atomic E-state index is -0.0664. The summed E-state index contributed by atoms with van der Waals surface area (Å²) in [6, 6.07) is 9.78. The summed E-state index contributed by atoms with van der Waals surface area (Å²) in [6.45, 7) is 3.04. The molecule has 6 nitrogen and oxygen atoms in total. The van der Waals surface area contributed by atoms with Gasteiger partial charge in [0.15, 0.2) is 5.69 Å². The Morgan fingerprint density at radius 2 is 2.22 bits per heavy atom. The van der Waals surface area contributed by atoms with E-state index in [4.69, 9.17) is 4.74 Å². The summed E-state index contributed by atoms with van der Waals surface area (Å²) in [5.41, 5.74) is 1.31. The molecule has 4 rings (SSSR count). The maximum absolute atomic E-state index is 12.8. The van der Waals surface area contributed by atoms with Gasteiger partial charge in [-0.15, -0.1) is 0 Å². The highest BCUT2D eigenvalue weighted by molar-refractivity contribution is 6.05. The molecule has 120 valence electrons. The molecule has 1 fully saturated rings. The summed E-state index contributed by atoms with van der Waals surface area (Å²) in [5, 5.41) is 7.90. The molecule has 0 bridgehead atoms. The van der Waals surface area contributed by atoms with Gasteiger partial charge in [-0.25, -0.2) is 0 Å². The number of hydrogen-bond acceptors (Lipinski definition) is 4. The molecule has 2 aliphatic heterocycles. The molecule has 0 spiro atoms. The molecular formula is C17H20N4O2. The monoisotopic (exact) mass is 312 g/mol. The van der Waals surface area contributed by atoms with Gasteiger partial charge in [-0.3, -0.25) is 9.48 Å². The van der Waals surface area contributed by atoms with Gasteiger partial charge in [0.2, 0.25) is 0 Å². The second kappa shape index (κ2) is 6.04. The first-order chi connectivity index (χ1) is 11.3. The van der Waals surface area contributed by atoms with Crippen molar-refractivity contribution in [1.82, 2.24) is 15.1 Å². The van der Waals surface area contributed by atoms with Gasteiger partial charge in [0.1, 0.15) is 12.4 Å². The van der Waals surface area contributed by atoms with Gasteiger partial charge in [-0.2, -0.15) is 5.10 Å². The summed E-state index contributed by atoms with van der Waals surface area (Å²) in [6.07, 6.45) is 4.16. The molecule has 1 aromatic heterocycles. The van der Waals surface area contributed by atoms with Crippen LogP contribution in [0.15, 0.2) is 36.5 Å². The zero-order valence-corrected chi connectivity index (χ0v) is 12.9. The van der Waals surface area contributed by atoms with E-state index in [1.165, 1.54) is 0 Å². The van der Waals surface area contributed by atoms with E-state index in [1.807, 2.05) is 41.2 Å². The Kier molecular flexibility index (Phi) is 3.75. The van der Waals surface area contributed by atoms with E-state index in [-0.39, 0.29) is 5.91 Å². The number of nitrogens with one attached hydrogen (secondary N) is 1. The van der Waals surface area contributed by atoms with Crippen molar-refractivity contribution in [2.75, 3.05) is 31.1 Å². The second-order valence-corrected chi connectivity index (χ2v) is 5.95. The van der Waals surface area contributed by atoms with E-state index in [0.717, 1.165) is 37.4 Å². The first-order valence-corrected chi connectivity index (χ1v) is 8.12. The number of rotatable bonds is 2. The molecule has 1 N–H and O–H groups in total. The van der Waals surface area contributed by atoms with Crippen molar-refractivity contribution in [3.63, 3.8) is 0 Å². The average molecular weight is 312 g/mol. The summed E-state index contributed by atoms with van der Waals surface area (Å²) in [4.78, 5) is 14.6. The number of ether oxygens (including phenoxy) is 1. The van der Waals surface area contributed by atoms with E-state index in [9.17, 15) is 4.79 Å². The highest BCUT2D eigenvalue weighted by Gasteiger charge is 2.26. The normalized spacial score (nSPS) is 20.7. The van der Waals surface area contributed by atoms with Crippen LogP contribution in [-0.2, 0) is 0 Å². The molecular weight excluding hydrogens is 292 g/mol. The molecule has 2 aromatic rings. The lowest BCUT2D eigenvalue weighted by Crippen LogP contribution is -2.38. The van der Waals surface area contributed by atoms with E-state index >= 15 is 0 Å². The number of nitrogens with zero attached hydrogens (tertiary/aromatic N) is 3. The van der Waals surface area contributed by atoms with Gasteiger partial charge >= 0.3 is 0 Å². The van der Waals surface area contributed by atoms with Crippen molar-refractivity contribution < 1.29 is 9.53 Å². The van der Waals surface area contributed by atoms with E-state index in [0.29, 0.717) is 24.9 Å². The third-order valence-corrected chi connectivity index (χ3v) is 4.45. The SMILES string of the molecule is O=C(c1ccn([C@@H]2CCCNC2)n1)N1CCOc2ccccc21. The van der Waals surface area contributed by atoms with Crippen LogP contribution in [0.1, 0.15) is 29.4 Å². The molecule has 0 radical (unpaired) electrons. The lowest BCUT2D eigenvalue weighted by molar-refractivity contribution is 0.0970. The van der Waals surface area contributed by atoms with Crippen molar-refractivity contribution in [3.8, 4) is 5.75 Å².